The maximum Gasteiger partial charge on any atom is 0.251 e. The van der Waals surface area contributed by atoms with Crippen LogP contribution in [-0.4, -0.2) is 56.7 Å². The lowest BCUT2D eigenvalue weighted by Crippen LogP contribution is -2.52. The number of ether oxygens (including phenoxy) is 1. The van der Waals surface area contributed by atoms with Crippen LogP contribution in [0.3, 0.4) is 0 Å². The third-order valence-corrected chi connectivity index (χ3v) is 5.18. The zero-order valence-electron chi connectivity index (χ0n) is 16.2. The molecule has 3 rings (SSSR count). The van der Waals surface area contributed by atoms with Crippen LogP contribution in [0.2, 0.25) is 0 Å². The molecule has 1 N–H and O–H groups in total. The Morgan fingerprint density at radius 1 is 1.04 bits per heavy atom. The molecule has 0 bridgehead atoms. The van der Waals surface area contributed by atoms with Crippen molar-refractivity contribution in [2.75, 3.05) is 44.7 Å². The summed E-state index contributed by atoms with van der Waals surface area (Å²) in [5, 5.41) is 3.09. The molecule has 0 radical (unpaired) electrons. The molecule has 0 saturated carbocycles. The van der Waals surface area contributed by atoms with Crippen LogP contribution in [0.4, 0.5) is 5.69 Å². The summed E-state index contributed by atoms with van der Waals surface area (Å²) in [6, 6.07) is 18.5. The summed E-state index contributed by atoms with van der Waals surface area (Å²) in [6.07, 6.45) is 0. The molecular weight excluding hydrogens is 338 g/mol. The van der Waals surface area contributed by atoms with Gasteiger partial charge < -0.3 is 15.0 Å². The van der Waals surface area contributed by atoms with E-state index in [2.05, 4.69) is 52.4 Å². The molecule has 0 aromatic heterocycles. The summed E-state index contributed by atoms with van der Waals surface area (Å²) in [5.74, 6) is -0.0302. The molecule has 1 aliphatic heterocycles. The van der Waals surface area contributed by atoms with Crippen molar-refractivity contribution in [2.24, 2.45) is 0 Å². The van der Waals surface area contributed by atoms with E-state index in [-0.39, 0.29) is 5.91 Å². The smallest absolute Gasteiger partial charge is 0.251 e. The monoisotopic (exact) mass is 367 g/mol. The molecule has 0 spiro atoms. The Hall–Kier alpha value is -2.37. The first kappa shape index (κ1) is 19.4. The SMILES string of the molecule is COCc1ccccc1C(=O)NCC(C)N1CCN(c2ccccc2)CC1. The number of benzene rings is 2. The van der Waals surface area contributed by atoms with Gasteiger partial charge in [0, 0.05) is 57.1 Å². The highest BCUT2D eigenvalue weighted by Crippen LogP contribution is 2.16. The summed E-state index contributed by atoms with van der Waals surface area (Å²) >= 11 is 0. The zero-order valence-corrected chi connectivity index (χ0v) is 16.2. The van der Waals surface area contributed by atoms with Gasteiger partial charge in [0.25, 0.3) is 5.91 Å². The standard InChI is InChI=1S/C22H29N3O2/c1-18(16-23-22(26)21-11-7-6-8-19(21)17-27-2)24-12-14-25(15-13-24)20-9-4-3-5-10-20/h3-11,18H,12-17H2,1-2H3,(H,23,26). The van der Waals surface area contributed by atoms with E-state index >= 15 is 0 Å². The fourth-order valence-corrected chi connectivity index (χ4v) is 3.55. The highest BCUT2D eigenvalue weighted by atomic mass is 16.5. The van der Waals surface area contributed by atoms with Gasteiger partial charge in [-0.25, -0.2) is 0 Å². The van der Waals surface area contributed by atoms with E-state index in [4.69, 9.17) is 4.74 Å². The molecule has 1 unspecified atom stereocenters. The molecule has 5 nitrogen and oxygen atoms in total. The normalized spacial score (nSPS) is 16.1. The third kappa shape index (κ3) is 5.08. The van der Waals surface area contributed by atoms with E-state index in [1.165, 1.54) is 5.69 Å². The van der Waals surface area contributed by atoms with E-state index < -0.39 is 0 Å². The minimum atomic E-state index is -0.0302. The van der Waals surface area contributed by atoms with E-state index in [1.807, 2.05) is 24.3 Å². The summed E-state index contributed by atoms with van der Waals surface area (Å²) in [5.41, 5.74) is 2.90. The number of nitrogens with one attached hydrogen (secondary N) is 1. The molecule has 2 aromatic rings. The maximum absolute atomic E-state index is 12.6. The van der Waals surface area contributed by atoms with Crippen LogP contribution in [0.1, 0.15) is 22.8 Å². The molecule has 1 aliphatic rings. The third-order valence-electron chi connectivity index (χ3n) is 5.18. The highest BCUT2D eigenvalue weighted by molar-refractivity contribution is 5.95. The van der Waals surface area contributed by atoms with Crippen LogP contribution in [0.25, 0.3) is 0 Å². The van der Waals surface area contributed by atoms with Crippen molar-refractivity contribution >= 4 is 11.6 Å². The fraction of sp³-hybridized carbons (Fsp3) is 0.409. The molecule has 144 valence electrons. The van der Waals surface area contributed by atoms with Gasteiger partial charge in [-0.15, -0.1) is 0 Å². The van der Waals surface area contributed by atoms with Gasteiger partial charge in [0.2, 0.25) is 0 Å². The Kier molecular flexibility index (Phi) is 6.85. The maximum atomic E-state index is 12.6. The van der Waals surface area contributed by atoms with Crippen molar-refractivity contribution in [2.45, 2.75) is 19.6 Å². The van der Waals surface area contributed by atoms with E-state index in [0.717, 1.165) is 31.7 Å². The quantitative estimate of drug-likeness (QED) is 0.817. The summed E-state index contributed by atoms with van der Waals surface area (Å²) < 4.78 is 5.19. The molecule has 5 heteroatoms. The van der Waals surface area contributed by atoms with Crippen molar-refractivity contribution in [1.82, 2.24) is 10.2 Å². The van der Waals surface area contributed by atoms with Gasteiger partial charge in [-0.05, 0) is 30.7 Å². The summed E-state index contributed by atoms with van der Waals surface area (Å²) in [6.45, 7) is 7.31. The second-order valence-corrected chi connectivity index (χ2v) is 7.01. The number of piperazine rings is 1. The van der Waals surface area contributed by atoms with Gasteiger partial charge >= 0.3 is 0 Å². The fourth-order valence-electron chi connectivity index (χ4n) is 3.55. The van der Waals surface area contributed by atoms with Crippen LogP contribution >= 0.6 is 0 Å². The van der Waals surface area contributed by atoms with E-state index in [0.29, 0.717) is 24.8 Å². The van der Waals surface area contributed by atoms with E-state index in [9.17, 15) is 4.79 Å². The average molecular weight is 367 g/mol. The number of anilines is 1. The summed E-state index contributed by atoms with van der Waals surface area (Å²) in [4.78, 5) is 17.4. The Morgan fingerprint density at radius 3 is 2.41 bits per heavy atom. The van der Waals surface area contributed by atoms with Crippen LogP contribution < -0.4 is 10.2 Å². The van der Waals surface area contributed by atoms with Crippen LogP contribution in [0, 0.1) is 0 Å². The minimum absolute atomic E-state index is 0.0302. The predicted octanol–water partition coefficient (Wildman–Crippen LogP) is 2.77. The van der Waals surface area contributed by atoms with Gasteiger partial charge in [0.05, 0.1) is 6.61 Å². The number of carbonyl (C=O) groups is 1. The predicted molar refractivity (Wildman–Crippen MR) is 109 cm³/mol. The molecule has 1 amide bonds. The Labute approximate surface area is 161 Å². The number of para-hydroxylation sites is 1. The first-order valence-electron chi connectivity index (χ1n) is 9.58. The molecular formula is C22H29N3O2. The number of rotatable bonds is 7. The number of carbonyl (C=O) groups excluding carboxylic acids is 1. The molecule has 1 saturated heterocycles. The Balaban J connectivity index is 1.49. The van der Waals surface area contributed by atoms with E-state index in [1.54, 1.807) is 7.11 Å². The molecule has 1 fully saturated rings. The van der Waals surface area contributed by atoms with Gasteiger partial charge in [-0.3, -0.25) is 9.69 Å². The largest absolute Gasteiger partial charge is 0.380 e. The number of hydrogen-bond acceptors (Lipinski definition) is 4. The molecule has 1 heterocycles. The minimum Gasteiger partial charge on any atom is -0.380 e. The van der Waals surface area contributed by atoms with Crippen molar-refractivity contribution < 1.29 is 9.53 Å². The van der Waals surface area contributed by atoms with Crippen molar-refractivity contribution in [3.05, 3.63) is 65.7 Å². The molecule has 27 heavy (non-hydrogen) atoms. The summed E-state index contributed by atoms with van der Waals surface area (Å²) in [7, 11) is 1.64. The first-order valence-corrected chi connectivity index (χ1v) is 9.58. The first-order chi connectivity index (χ1) is 13.2. The van der Waals surface area contributed by atoms with Gasteiger partial charge in [0.15, 0.2) is 0 Å². The van der Waals surface area contributed by atoms with Crippen molar-refractivity contribution in [1.29, 1.82) is 0 Å². The van der Waals surface area contributed by atoms with Crippen LogP contribution in [0.15, 0.2) is 54.6 Å². The molecule has 2 aromatic carbocycles. The van der Waals surface area contributed by atoms with Gasteiger partial charge in [-0.1, -0.05) is 36.4 Å². The molecule has 0 aliphatic carbocycles. The van der Waals surface area contributed by atoms with Gasteiger partial charge in [-0.2, -0.15) is 0 Å². The van der Waals surface area contributed by atoms with Crippen LogP contribution in [-0.2, 0) is 11.3 Å². The number of amides is 1. The second kappa shape index (κ2) is 9.53. The van der Waals surface area contributed by atoms with Gasteiger partial charge in [0.1, 0.15) is 0 Å². The lowest BCUT2D eigenvalue weighted by molar-refractivity contribution is 0.0929. The number of hydrogen-bond donors (Lipinski definition) is 1. The Morgan fingerprint density at radius 2 is 1.70 bits per heavy atom. The average Bonchev–Trinajstić information content (AvgIpc) is 2.73. The number of nitrogens with zero attached hydrogens (tertiary/aromatic N) is 2. The molecule has 1 atom stereocenters. The number of methoxy groups -OCH3 is 1. The highest BCUT2D eigenvalue weighted by Gasteiger charge is 2.22. The van der Waals surface area contributed by atoms with Crippen molar-refractivity contribution in [3.8, 4) is 0 Å². The second-order valence-electron chi connectivity index (χ2n) is 7.01. The van der Waals surface area contributed by atoms with Crippen molar-refractivity contribution in [3.63, 3.8) is 0 Å². The Bertz CT molecular complexity index is 727. The lowest BCUT2D eigenvalue weighted by atomic mass is 10.1. The lowest BCUT2D eigenvalue weighted by Gasteiger charge is -2.39. The zero-order chi connectivity index (χ0) is 19.1. The van der Waals surface area contributed by atoms with Crippen LogP contribution in [0.5, 0.6) is 0 Å². The topological polar surface area (TPSA) is 44.8 Å².